The molecular weight excluding hydrogens is 330 g/mol. The molecule has 0 aliphatic heterocycles. The Balaban J connectivity index is 2.45. The fraction of sp³-hybridized carbons (Fsp3) is 0.438. The van der Waals surface area contributed by atoms with Gasteiger partial charge < -0.3 is 21.5 Å². The number of rotatable bonds is 10. The molecule has 8 heteroatoms. The van der Waals surface area contributed by atoms with Crippen molar-refractivity contribution in [2.75, 3.05) is 18.6 Å². The van der Waals surface area contributed by atoms with E-state index in [4.69, 9.17) is 5.73 Å². The Morgan fingerprint density at radius 2 is 1.92 bits per heavy atom. The van der Waals surface area contributed by atoms with E-state index >= 15 is 0 Å². The number of hydrogen-bond donors (Lipinski definition) is 4. The average Bonchev–Trinajstić information content (AvgIpc) is 2.57. The lowest BCUT2D eigenvalue weighted by atomic mass is 10.1. The maximum absolute atomic E-state index is 11.9. The second kappa shape index (κ2) is 10.7. The monoisotopic (exact) mass is 353 g/mol. The van der Waals surface area contributed by atoms with E-state index in [0.29, 0.717) is 6.42 Å². The van der Waals surface area contributed by atoms with Gasteiger partial charge in [-0.15, -0.1) is 0 Å². The van der Waals surface area contributed by atoms with Crippen LogP contribution in [0.4, 0.5) is 0 Å². The Morgan fingerprint density at radius 1 is 1.25 bits per heavy atom. The maximum Gasteiger partial charge on any atom is 0.326 e. The summed E-state index contributed by atoms with van der Waals surface area (Å²) in [5.41, 5.74) is 6.49. The summed E-state index contributed by atoms with van der Waals surface area (Å²) in [6, 6.07) is 7.27. The number of aliphatic carboxylic acids is 1. The second-order valence-corrected chi connectivity index (χ2v) is 6.24. The summed E-state index contributed by atoms with van der Waals surface area (Å²) in [5, 5.41) is 14.0. The molecule has 0 aliphatic rings. The standard InChI is InChI=1S/C16H23N3O4S/c1-24-8-7-12(17)15(21)18-10-14(20)19-13(16(22)23)9-11-5-3-2-4-6-11/h2-6,12-13H,7-10,17H2,1H3,(H,18,21)(H,19,20)(H,22,23). The smallest absolute Gasteiger partial charge is 0.326 e. The van der Waals surface area contributed by atoms with Crippen LogP contribution in [0.15, 0.2) is 30.3 Å². The van der Waals surface area contributed by atoms with Crippen molar-refractivity contribution in [3.63, 3.8) is 0 Å². The van der Waals surface area contributed by atoms with Gasteiger partial charge in [0.25, 0.3) is 0 Å². The van der Waals surface area contributed by atoms with Crippen LogP contribution in [-0.4, -0.2) is 53.5 Å². The zero-order valence-corrected chi connectivity index (χ0v) is 14.3. The number of carboxylic acids is 1. The molecule has 132 valence electrons. The molecule has 0 saturated carbocycles. The molecule has 0 fully saturated rings. The summed E-state index contributed by atoms with van der Waals surface area (Å²) in [6.45, 7) is -0.301. The summed E-state index contributed by atoms with van der Waals surface area (Å²) in [7, 11) is 0. The number of nitrogens with two attached hydrogens (primary N) is 1. The van der Waals surface area contributed by atoms with Gasteiger partial charge in [-0.2, -0.15) is 11.8 Å². The zero-order chi connectivity index (χ0) is 17.9. The van der Waals surface area contributed by atoms with Crippen LogP contribution in [0, 0.1) is 0 Å². The molecule has 1 aromatic rings. The van der Waals surface area contributed by atoms with E-state index in [2.05, 4.69) is 10.6 Å². The van der Waals surface area contributed by atoms with Crippen LogP contribution in [0.1, 0.15) is 12.0 Å². The van der Waals surface area contributed by atoms with Crippen molar-refractivity contribution in [3.8, 4) is 0 Å². The van der Waals surface area contributed by atoms with Gasteiger partial charge in [0.05, 0.1) is 12.6 Å². The first-order chi connectivity index (χ1) is 11.4. The highest BCUT2D eigenvalue weighted by molar-refractivity contribution is 7.98. The molecule has 2 atom stereocenters. The molecule has 0 aromatic heterocycles. The number of benzene rings is 1. The van der Waals surface area contributed by atoms with Crippen LogP contribution < -0.4 is 16.4 Å². The Hall–Kier alpha value is -2.06. The molecule has 0 spiro atoms. The largest absolute Gasteiger partial charge is 0.480 e. The Kier molecular flexibility index (Phi) is 8.88. The molecule has 0 radical (unpaired) electrons. The summed E-state index contributed by atoms with van der Waals surface area (Å²) in [5.74, 6) is -1.37. The molecule has 0 aliphatic carbocycles. The predicted molar refractivity (Wildman–Crippen MR) is 93.7 cm³/mol. The van der Waals surface area contributed by atoms with E-state index in [0.717, 1.165) is 11.3 Å². The summed E-state index contributed by atoms with van der Waals surface area (Å²) in [6.07, 6.45) is 2.60. The SMILES string of the molecule is CSCCC(N)C(=O)NCC(=O)NC(Cc1ccccc1)C(=O)O. The van der Waals surface area contributed by atoms with E-state index in [1.807, 2.05) is 12.3 Å². The molecule has 1 rings (SSSR count). The number of carbonyl (C=O) groups is 3. The Morgan fingerprint density at radius 3 is 2.50 bits per heavy atom. The predicted octanol–water partition coefficient (Wildman–Crippen LogP) is -0.00490. The summed E-state index contributed by atoms with van der Waals surface area (Å²) < 4.78 is 0. The third kappa shape index (κ3) is 7.47. The molecule has 0 saturated heterocycles. The highest BCUT2D eigenvalue weighted by Gasteiger charge is 2.21. The minimum Gasteiger partial charge on any atom is -0.480 e. The normalized spacial score (nSPS) is 12.9. The number of carboxylic acid groups (broad SMARTS) is 1. The molecule has 0 heterocycles. The first kappa shape index (κ1) is 20.0. The number of hydrogen-bond acceptors (Lipinski definition) is 5. The highest BCUT2D eigenvalue weighted by Crippen LogP contribution is 2.03. The molecule has 1 aromatic carbocycles. The van der Waals surface area contributed by atoms with Crippen LogP contribution in [0.25, 0.3) is 0 Å². The van der Waals surface area contributed by atoms with Gasteiger partial charge in [0, 0.05) is 6.42 Å². The van der Waals surface area contributed by atoms with E-state index in [1.54, 1.807) is 36.0 Å². The second-order valence-electron chi connectivity index (χ2n) is 5.25. The van der Waals surface area contributed by atoms with Gasteiger partial charge in [0.1, 0.15) is 6.04 Å². The fourth-order valence-corrected chi connectivity index (χ4v) is 2.46. The van der Waals surface area contributed by atoms with Crippen molar-refractivity contribution >= 4 is 29.5 Å². The number of amides is 2. The van der Waals surface area contributed by atoms with Crippen LogP contribution in [-0.2, 0) is 20.8 Å². The molecular formula is C16H23N3O4S. The van der Waals surface area contributed by atoms with Gasteiger partial charge in [-0.05, 0) is 24.0 Å². The minimum absolute atomic E-state index is 0.170. The van der Waals surface area contributed by atoms with Gasteiger partial charge >= 0.3 is 5.97 Å². The van der Waals surface area contributed by atoms with Crippen molar-refractivity contribution < 1.29 is 19.5 Å². The minimum atomic E-state index is -1.13. The third-order valence-corrected chi connectivity index (χ3v) is 3.95. The van der Waals surface area contributed by atoms with Crippen molar-refractivity contribution in [1.82, 2.24) is 10.6 Å². The van der Waals surface area contributed by atoms with Gasteiger partial charge in [-0.1, -0.05) is 30.3 Å². The van der Waals surface area contributed by atoms with Gasteiger partial charge in [-0.25, -0.2) is 4.79 Å². The van der Waals surface area contributed by atoms with Crippen LogP contribution >= 0.6 is 11.8 Å². The van der Waals surface area contributed by atoms with E-state index in [9.17, 15) is 19.5 Å². The quantitative estimate of drug-likeness (QED) is 0.470. The first-order valence-electron chi connectivity index (χ1n) is 7.52. The van der Waals surface area contributed by atoms with Gasteiger partial charge in [0.15, 0.2) is 0 Å². The molecule has 5 N–H and O–H groups in total. The fourth-order valence-electron chi connectivity index (χ4n) is 1.97. The molecule has 2 amide bonds. The Labute approximate surface area is 145 Å². The van der Waals surface area contributed by atoms with Gasteiger partial charge in [0.2, 0.25) is 11.8 Å². The van der Waals surface area contributed by atoms with Crippen molar-refractivity contribution in [1.29, 1.82) is 0 Å². The maximum atomic E-state index is 11.9. The molecule has 24 heavy (non-hydrogen) atoms. The Bertz CT molecular complexity index is 554. The number of carbonyl (C=O) groups excluding carboxylic acids is 2. The summed E-state index contributed by atoms with van der Waals surface area (Å²) in [4.78, 5) is 34.9. The lowest BCUT2D eigenvalue weighted by molar-refractivity contribution is -0.141. The van der Waals surface area contributed by atoms with Gasteiger partial charge in [-0.3, -0.25) is 9.59 Å². The molecule has 2 unspecified atom stereocenters. The first-order valence-corrected chi connectivity index (χ1v) is 8.91. The molecule has 0 bridgehead atoms. The highest BCUT2D eigenvalue weighted by atomic mass is 32.2. The van der Waals surface area contributed by atoms with Crippen molar-refractivity contribution in [3.05, 3.63) is 35.9 Å². The van der Waals surface area contributed by atoms with Crippen molar-refractivity contribution in [2.45, 2.75) is 24.9 Å². The van der Waals surface area contributed by atoms with E-state index < -0.39 is 29.9 Å². The number of thioether (sulfide) groups is 1. The van der Waals surface area contributed by atoms with E-state index in [-0.39, 0.29) is 13.0 Å². The van der Waals surface area contributed by atoms with Crippen LogP contribution in [0.5, 0.6) is 0 Å². The number of nitrogens with one attached hydrogen (secondary N) is 2. The zero-order valence-electron chi connectivity index (χ0n) is 13.5. The van der Waals surface area contributed by atoms with Crippen molar-refractivity contribution in [2.24, 2.45) is 5.73 Å². The third-order valence-electron chi connectivity index (χ3n) is 3.31. The lowest BCUT2D eigenvalue weighted by Crippen LogP contribution is -2.49. The van der Waals surface area contributed by atoms with Crippen LogP contribution in [0.2, 0.25) is 0 Å². The van der Waals surface area contributed by atoms with Crippen LogP contribution in [0.3, 0.4) is 0 Å². The summed E-state index contributed by atoms with van der Waals surface area (Å²) >= 11 is 1.58. The van der Waals surface area contributed by atoms with E-state index in [1.165, 1.54) is 0 Å². The lowest BCUT2D eigenvalue weighted by Gasteiger charge is -2.16. The topological polar surface area (TPSA) is 122 Å². The molecule has 7 nitrogen and oxygen atoms in total. The average molecular weight is 353 g/mol.